The molecule has 1 N–H and O–H groups in total. The van der Waals surface area contributed by atoms with Crippen LogP contribution in [0.3, 0.4) is 0 Å². The molecule has 2 aromatic rings. The van der Waals surface area contributed by atoms with Gasteiger partial charge >= 0.3 is 5.97 Å². The quantitative estimate of drug-likeness (QED) is 0.760. The smallest absolute Gasteiger partial charge is 0.335 e. The molecule has 1 unspecified atom stereocenters. The van der Waals surface area contributed by atoms with E-state index < -0.39 is 16.8 Å². The third-order valence-electron chi connectivity index (χ3n) is 4.16. The van der Waals surface area contributed by atoms with Crippen molar-refractivity contribution in [3.63, 3.8) is 0 Å². The second-order valence-electron chi connectivity index (χ2n) is 6.08. The first-order chi connectivity index (χ1) is 12.8. The molecule has 2 aromatic carbocycles. The van der Waals surface area contributed by atoms with Crippen molar-refractivity contribution in [1.29, 1.82) is 0 Å². The Bertz CT molecular complexity index is 955. The van der Waals surface area contributed by atoms with Crippen LogP contribution in [0.2, 0.25) is 0 Å². The summed E-state index contributed by atoms with van der Waals surface area (Å²) in [5.74, 6) is -1.20. The molecular weight excluding hydrogens is 370 g/mol. The number of nitrogens with zero attached hydrogens (tertiary/aromatic N) is 1. The van der Waals surface area contributed by atoms with Gasteiger partial charge in [-0.25, -0.2) is 4.79 Å². The molecule has 8 heteroatoms. The van der Waals surface area contributed by atoms with E-state index in [9.17, 15) is 18.6 Å². The summed E-state index contributed by atoms with van der Waals surface area (Å²) >= 11 is 0. The number of carboxylic acids is 1. The van der Waals surface area contributed by atoms with Gasteiger partial charge in [0.2, 0.25) is 0 Å². The molecule has 0 aromatic heterocycles. The van der Waals surface area contributed by atoms with E-state index in [2.05, 4.69) is 0 Å². The molecular formula is C19H17NO6S. The second kappa shape index (κ2) is 7.71. The summed E-state index contributed by atoms with van der Waals surface area (Å²) < 4.78 is 17.7. The fraction of sp³-hybridized carbons (Fsp3) is 0.211. The third-order valence-corrected chi connectivity index (χ3v) is 5.40. The van der Waals surface area contributed by atoms with Crippen molar-refractivity contribution < 1.29 is 28.4 Å². The standard InChI is InChI=1S/C19H17NO6S/c1-20-15-8-13(5-6-17(15)26-9-18(20)22)16(21)11-27(25)10-12-3-2-4-14(7-12)19(23)24/h2-8H,9-11H2,1H3,(H,23,24). The Hall–Kier alpha value is -3.00. The monoisotopic (exact) mass is 387 g/mol. The van der Waals surface area contributed by atoms with Gasteiger partial charge in [-0.3, -0.25) is 13.8 Å². The van der Waals surface area contributed by atoms with E-state index in [0.29, 0.717) is 22.6 Å². The average molecular weight is 387 g/mol. The number of ether oxygens (including phenoxy) is 1. The summed E-state index contributed by atoms with van der Waals surface area (Å²) in [7, 11) is 0.108. The Balaban J connectivity index is 1.70. The van der Waals surface area contributed by atoms with Crippen molar-refractivity contribution in [2.24, 2.45) is 0 Å². The van der Waals surface area contributed by atoms with Gasteiger partial charge < -0.3 is 14.7 Å². The lowest BCUT2D eigenvalue weighted by atomic mass is 10.1. The van der Waals surface area contributed by atoms with Crippen molar-refractivity contribution in [3.05, 3.63) is 59.2 Å². The van der Waals surface area contributed by atoms with Gasteiger partial charge in [0.15, 0.2) is 12.4 Å². The molecule has 1 aliphatic rings. The summed E-state index contributed by atoms with van der Waals surface area (Å²) in [5.41, 5.74) is 1.53. The van der Waals surface area contributed by atoms with Gasteiger partial charge in [-0.15, -0.1) is 0 Å². The van der Waals surface area contributed by atoms with Crippen LogP contribution in [0.15, 0.2) is 42.5 Å². The lowest BCUT2D eigenvalue weighted by Gasteiger charge is -2.26. The SMILES string of the molecule is CN1C(=O)COc2ccc(C(=O)CS(=O)Cc3cccc(C(=O)O)c3)cc21. The number of anilines is 1. The first-order valence-corrected chi connectivity index (χ1v) is 9.58. The van der Waals surface area contributed by atoms with Gasteiger partial charge in [-0.05, 0) is 35.9 Å². The van der Waals surface area contributed by atoms with Crippen LogP contribution < -0.4 is 9.64 Å². The maximum atomic E-state index is 12.5. The zero-order valence-corrected chi connectivity index (χ0v) is 15.3. The minimum Gasteiger partial charge on any atom is -0.482 e. The molecule has 0 saturated carbocycles. The number of carbonyl (C=O) groups is 3. The number of aromatic carboxylic acids is 1. The Morgan fingerprint density at radius 2 is 1.96 bits per heavy atom. The number of Topliss-reactive ketones (excluding diaryl/α,β-unsaturated/α-hetero) is 1. The Morgan fingerprint density at radius 1 is 1.19 bits per heavy atom. The molecule has 3 rings (SSSR count). The molecule has 1 aliphatic heterocycles. The summed E-state index contributed by atoms with van der Waals surface area (Å²) in [6.45, 7) is -0.0454. The van der Waals surface area contributed by atoms with Gasteiger partial charge in [0.05, 0.1) is 17.0 Å². The summed E-state index contributed by atoms with van der Waals surface area (Å²) in [6, 6.07) is 10.9. The first-order valence-electron chi connectivity index (χ1n) is 8.09. The maximum Gasteiger partial charge on any atom is 0.335 e. The molecule has 140 valence electrons. The molecule has 0 spiro atoms. The van der Waals surface area contributed by atoms with Crippen LogP contribution >= 0.6 is 0 Å². The molecule has 0 fully saturated rings. The minimum atomic E-state index is -1.49. The summed E-state index contributed by atoms with van der Waals surface area (Å²) in [5, 5.41) is 9.01. The Morgan fingerprint density at radius 3 is 2.70 bits per heavy atom. The van der Waals surface area contributed by atoms with Crippen LogP contribution in [0, 0.1) is 0 Å². The predicted molar refractivity (Wildman–Crippen MR) is 99.8 cm³/mol. The molecule has 0 radical (unpaired) electrons. The predicted octanol–water partition coefficient (Wildman–Crippen LogP) is 1.87. The van der Waals surface area contributed by atoms with E-state index in [1.165, 1.54) is 17.0 Å². The largest absolute Gasteiger partial charge is 0.482 e. The number of amides is 1. The van der Waals surface area contributed by atoms with Crippen molar-refractivity contribution in [2.75, 3.05) is 24.3 Å². The van der Waals surface area contributed by atoms with Gasteiger partial charge in [0.25, 0.3) is 5.91 Å². The molecule has 1 amide bonds. The summed E-state index contributed by atoms with van der Waals surface area (Å²) in [4.78, 5) is 36.6. The second-order valence-corrected chi connectivity index (χ2v) is 7.54. The molecule has 0 bridgehead atoms. The van der Waals surface area contributed by atoms with E-state index in [0.717, 1.165) is 0 Å². The number of likely N-dealkylation sites (N-methyl/N-ethyl adjacent to an activating group) is 1. The lowest BCUT2D eigenvalue weighted by Crippen LogP contribution is -2.35. The summed E-state index contributed by atoms with van der Waals surface area (Å²) in [6.07, 6.45) is 0. The zero-order valence-electron chi connectivity index (χ0n) is 14.5. The molecule has 27 heavy (non-hydrogen) atoms. The van der Waals surface area contributed by atoms with E-state index in [1.807, 2.05) is 0 Å². The minimum absolute atomic E-state index is 0.0454. The molecule has 1 heterocycles. The molecule has 1 atom stereocenters. The number of carbonyl (C=O) groups excluding carboxylic acids is 2. The number of rotatable bonds is 6. The van der Waals surface area contributed by atoms with Crippen molar-refractivity contribution >= 4 is 34.1 Å². The van der Waals surface area contributed by atoms with Crippen molar-refractivity contribution in [2.45, 2.75) is 5.75 Å². The van der Waals surface area contributed by atoms with E-state index in [1.54, 1.807) is 37.4 Å². The topological polar surface area (TPSA) is 101 Å². The normalized spacial score (nSPS) is 14.3. The number of carboxylic acid groups (broad SMARTS) is 1. The fourth-order valence-corrected chi connectivity index (χ4v) is 3.82. The average Bonchev–Trinajstić information content (AvgIpc) is 2.64. The van der Waals surface area contributed by atoms with Gasteiger partial charge in [-0.2, -0.15) is 0 Å². The van der Waals surface area contributed by atoms with Crippen molar-refractivity contribution in [1.82, 2.24) is 0 Å². The van der Waals surface area contributed by atoms with Gasteiger partial charge in [0.1, 0.15) is 5.75 Å². The Labute approximate surface area is 158 Å². The van der Waals surface area contributed by atoms with Crippen LogP contribution in [0.25, 0.3) is 0 Å². The number of benzene rings is 2. The lowest BCUT2D eigenvalue weighted by molar-refractivity contribution is -0.121. The van der Waals surface area contributed by atoms with Crippen LogP contribution in [0.5, 0.6) is 5.75 Å². The van der Waals surface area contributed by atoms with Gasteiger partial charge in [0, 0.05) is 29.2 Å². The first kappa shape index (κ1) is 18.8. The van der Waals surface area contributed by atoms with Crippen LogP contribution in [-0.4, -0.2) is 46.4 Å². The Kier molecular flexibility index (Phi) is 5.36. The highest BCUT2D eigenvalue weighted by atomic mass is 32.2. The highest BCUT2D eigenvalue weighted by molar-refractivity contribution is 7.85. The van der Waals surface area contributed by atoms with E-state index >= 15 is 0 Å². The molecule has 7 nitrogen and oxygen atoms in total. The highest BCUT2D eigenvalue weighted by Gasteiger charge is 2.23. The number of hydrogen-bond donors (Lipinski definition) is 1. The number of ketones is 1. The van der Waals surface area contributed by atoms with Crippen molar-refractivity contribution in [3.8, 4) is 5.75 Å². The highest BCUT2D eigenvalue weighted by Crippen LogP contribution is 2.32. The fourth-order valence-electron chi connectivity index (χ4n) is 2.71. The maximum absolute atomic E-state index is 12.5. The van der Waals surface area contributed by atoms with Crippen LogP contribution in [0.4, 0.5) is 5.69 Å². The van der Waals surface area contributed by atoms with E-state index in [4.69, 9.17) is 9.84 Å². The number of fused-ring (bicyclic) bond motifs is 1. The number of hydrogen-bond acceptors (Lipinski definition) is 5. The molecule has 0 saturated heterocycles. The van der Waals surface area contributed by atoms with Crippen LogP contribution in [0.1, 0.15) is 26.3 Å². The zero-order chi connectivity index (χ0) is 19.6. The third kappa shape index (κ3) is 4.22. The van der Waals surface area contributed by atoms with Crippen LogP contribution in [-0.2, 0) is 21.3 Å². The molecule has 0 aliphatic carbocycles. The van der Waals surface area contributed by atoms with E-state index in [-0.39, 0.29) is 35.4 Å². The van der Waals surface area contributed by atoms with Gasteiger partial charge in [-0.1, -0.05) is 12.1 Å².